The lowest BCUT2D eigenvalue weighted by atomic mass is 10.1. The number of alkyl carbamates (subject to hydrolysis) is 1. The van der Waals surface area contributed by atoms with E-state index < -0.39 is 24.9 Å². The molecule has 0 bridgehead atoms. The summed E-state index contributed by atoms with van der Waals surface area (Å²) in [6.07, 6.45) is -5.59. The van der Waals surface area contributed by atoms with E-state index in [4.69, 9.17) is 0 Å². The molecule has 0 unspecified atom stereocenters. The molecule has 0 saturated heterocycles. The van der Waals surface area contributed by atoms with Crippen LogP contribution in [0.15, 0.2) is 30.3 Å². The van der Waals surface area contributed by atoms with Gasteiger partial charge in [0.15, 0.2) is 6.61 Å². The molecule has 1 amide bonds. The Balaban J connectivity index is 2.42. The van der Waals surface area contributed by atoms with Crippen LogP contribution in [0, 0.1) is 0 Å². The molecule has 0 heterocycles. The number of benzene rings is 1. The van der Waals surface area contributed by atoms with Crippen molar-refractivity contribution in [2.75, 3.05) is 6.61 Å². The molecule has 1 atom stereocenters. The Morgan fingerprint density at radius 3 is 2.47 bits per heavy atom. The Labute approximate surface area is 96.6 Å². The van der Waals surface area contributed by atoms with E-state index in [-0.39, 0.29) is 0 Å². The van der Waals surface area contributed by atoms with Gasteiger partial charge in [0.25, 0.3) is 0 Å². The first-order chi connectivity index (χ1) is 7.88. The second-order valence-corrected chi connectivity index (χ2v) is 3.47. The normalized spacial score (nSPS) is 12.9. The number of ether oxygens (including phenoxy) is 1. The van der Waals surface area contributed by atoms with Gasteiger partial charge in [-0.3, -0.25) is 0 Å². The van der Waals surface area contributed by atoms with Crippen molar-refractivity contribution in [3.8, 4) is 0 Å². The number of alkyl halides is 3. The summed E-state index contributed by atoms with van der Waals surface area (Å²) in [5, 5.41) is 2.31. The fourth-order valence-electron chi connectivity index (χ4n) is 1.19. The number of carbonyl (C=O) groups excluding carboxylic acids is 1. The maximum absolute atomic E-state index is 11.8. The third kappa shape index (κ3) is 5.24. The van der Waals surface area contributed by atoms with E-state index in [9.17, 15) is 18.0 Å². The summed E-state index contributed by atoms with van der Waals surface area (Å²) in [5.74, 6) is 0. The summed E-state index contributed by atoms with van der Waals surface area (Å²) in [7, 11) is 0. The van der Waals surface area contributed by atoms with Gasteiger partial charge in [-0.2, -0.15) is 13.2 Å². The number of rotatable bonds is 3. The van der Waals surface area contributed by atoms with Gasteiger partial charge in [-0.05, 0) is 12.5 Å². The van der Waals surface area contributed by atoms with Crippen LogP contribution in [-0.2, 0) is 4.74 Å². The first-order valence-electron chi connectivity index (χ1n) is 4.93. The molecule has 0 fully saturated rings. The van der Waals surface area contributed by atoms with Crippen LogP contribution in [0.1, 0.15) is 18.5 Å². The van der Waals surface area contributed by atoms with Crippen molar-refractivity contribution >= 4 is 6.09 Å². The standard InChI is InChI=1S/C11H12F3NO2/c1-8(9-5-3-2-4-6-9)15-10(16)17-7-11(12,13)14/h2-6,8H,7H2,1H3,(H,15,16)/t8-/m0/s1. The molecule has 3 nitrogen and oxygen atoms in total. The average Bonchev–Trinajstić information content (AvgIpc) is 2.27. The summed E-state index contributed by atoms with van der Waals surface area (Å²) < 4.78 is 39.3. The van der Waals surface area contributed by atoms with Crippen molar-refractivity contribution in [3.63, 3.8) is 0 Å². The third-order valence-electron chi connectivity index (χ3n) is 2.00. The van der Waals surface area contributed by atoms with E-state index in [1.165, 1.54) is 0 Å². The summed E-state index contributed by atoms with van der Waals surface area (Å²) in [4.78, 5) is 11.0. The maximum atomic E-state index is 11.8. The van der Waals surface area contributed by atoms with Gasteiger partial charge in [-0.15, -0.1) is 0 Å². The highest BCUT2D eigenvalue weighted by molar-refractivity contribution is 5.67. The van der Waals surface area contributed by atoms with Gasteiger partial charge in [0.2, 0.25) is 0 Å². The highest BCUT2D eigenvalue weighted by Crippen LogP contribution is 2.15. The minimum absolute atomic E-state index is 0.406. The molecule has 17 heavy (non-hydrogen) atoms. The van der Waals surface area contributed by atoms with Crippen LogP contribution in [0.4, 0.5) is 18.0 Å². The number of nitrogens with one attached hydrogen (secondary N) is 1. The molecule has 0 aliphatic rings. The molecule has 0 saturated carbocycles. The molecule has 6 heteroatoms. The van der Waals surface area contributed by atoms with E-state index in [1.807, 2.05) is 0 Å². The minimum Gasteiger partial charge on any atom is -0.440 e. The van der Waals surface area contributed by atoms with E-state index in [1.54, 1.807) is 37.3 Å². The van der Waals surface area contributed by atoms with Crippen LogP contribution < -0.4 is 5.32 Å². The molecule has 1 aromatic rings. The molecule has 0 radical (unpaired) electrons. The van der Waals surface area contributed by atoms with E-state index in [0.29, 0.717) is 0 Å². The summed E-state index contributed by atoms with van der Waals surface area (Å²) in [6.45, 7) is 0.0739. The van der Waals surface area contributed by atoms with Gasteiger partial charge in [-0.25, -0.2) is 4.79 Å². The number of halogens is 3. The van der Waals surface area contributed by atoms with Gasteiger partial charge in [-0.1, -0.05) is 30.3 Å². The average molecular weight is 247 g/mol. The molecule has 1 N–H and O–H groups in total. The van der Waals surface area contributed by atoms with Crippen LogP contribution in [0.25, 0.3) is 0 Å². The van der Waals surface area contributed by atoms with Crippen LogP contribution in [0.3, 0.4) is 0 Å². The van der Waals surface area contributed by atoms with Crippen LogP contribution in [0.5, 0.6) is 0 Å². The van der Waals surface area contributed by atoms with Crippen LogP contribution in [0.2, 0.25) is 0 Å². The molecule has 0 aliphatic heterocycles. The van der Waals surface area contributed by atoms with Crippen LogP contribution in [-0.4, -0.2) is 18.9 Å². The van der Waals surface area contributed by atoms with E-state index in [2.05, 4.69) is 10.1 Å². The monoisotopic (exact) mass is 247 g/mol. The first kappa shape index (κ1) is 13.3. The molecule has 0 aliphatic carbocycles. The molecule has 1 aromatic carbocycles. The Kier molecular flexibility index (Phi) is 4.37. The quantitative estimate of drug-likeness (QED) is 0.891. The minimum atomic E-state index is -4.51. The Morgan fingerprint density at radius 1 is 1.35 bits per heavy atom. The second kappa shape index (κ2) is 5.56. The zero-order chi connectivity index (χ0) is 12.9. The molecule has 0 aromatic heterocycles. The zero-order valence-corrected chi connectivity index (χ0v) is 9.12. The molecular weight excluding hydrogens is 235 g/mol. The summed E-state index contributed by atoms with van der Waals surface area (Å²) in [6, 6.07) is 8.46. The number of hydrogen-bond acceptors (Lipinski definition) is 2. The molecule has 1 rings (SSSR count). The van der Waals surface area contributed by atoms with Crippen molar-refractivity contribution in [1.29, 1.82) is 0 Å². The fourth-order valence-corrected chi connectivity index (χ4v) is 1.19. The van der Waals surface area contributed by atoms with Gasteiger partial charge in [0.05, 0.1) is 6.04 Å². The lowest BCUT2D eigenvalue weighted by molar-refractivity contribution is -0.160. The van der Waals surface area contributed by atoms with Gasteiger partial charge in [0.1, 0.15) is 0 Å². The predicted octanol–water partition coefficient (Wildman–Crippen LogP) is 3.04. The largest absolute Gasteiger partial charge is 0.440 e. The highest BCUT2D eigenvalue weighted by Gasteiger charge is 2.29. The molecule has 0 spiro atoms. The topological polar surface area (TPSA) is 38.3 Å². The van der Waals surface area contributed by atoms with Crippen molar-refractivity contribution in [1.82, 2.24) is 5.32 Å². The number of hydrogen-bond donors (Lipinski definition) is 1. The van der Waals surface area contributed by atoms with Crippen molar-refractivity contribution in [2.45, 2.75) is 19.1 Å². The van der Waals surface area contributed by atoms with E-state index >= 15 is 0 Å². The second-order valence-electron chi connectivity index (χ2n) is 3.47. The van der Waals surface area contributed by atoms with Crippen molar-refractivity contribution < 1.29 is 22.7 Å². The smallest absolute Gasteiger partial charge is 0.422 e. The fraction of sp³-hybridized carbons (Fsp3) is 0.364. The maximum Gasteiger partial charge on any atom is 0.422 e. The zero-order valence-electron chi connectivity index (χ0n) is 9.12. The highest BCUT2D eigenvalue weighted by atomic mass is 19.4. The predicted molar refractivity (Wildman–Crippen MR) is 55.4 cm³/mol. The Bertz CT molecular complexity index is 365. The van der Waals surface area contributed by atoms with Gasteiger partial charge >= 0.3 is 12.3 Å². The SMILES string of the molecule is C[C@H](NC(=O)OCC(F)(F)F)c1ccccc1. The molecule has 94 valence electrons. The summed E-state index contributed by atoms with van der Waals surface area (Å²) in [5.41, 5.74) is 0.788. The third-order valence-corrected chi connectivity index (χ3v) is 2.00. The van der Waals surface area contributed by atoms with Crippen molar-refractivity contribution in [3.05, 3.63) is 35.9 Å². The first-order valence-corrected chi connectivity index (χ1v) is 4.93. The van der Waals surface area contributed by atoms with Crippen LogP contribution >= 0.6 is 0 Å². The van der Waals surface area contributed by atoms with Crippen molar-refractivity contribution in [2.24, 2.45) is 0 Å². The lowest BCUT2D eigenvalue weighted by Gasteiger charge is -2.14. The Hall–Kier alpha value is -1.72. The Morgan fingerprint density at radius 2 is 1.94 bits per heavy atom. The number of carbonyl (C=O) groups is 1. The lowest BCUT2D eigenvalue weighted by Crippen LogP contribution is -2.30. The number of amides is 1. The van der Waals surface area contributed by atoms with E-state index in [0.717, 1.165) is 5.56 Å². The van der Waals surface area contributed by atoms with Gasteiger partial charge in [0, 0.05) is 0 Å². The summed E-state index contributed by atoms with van der Waals surface area (Å²) >= 11 is 0. The van der Waals surface area contributed by atoms with Gasteiger partial charge < -0.3 is 10.1 Å². The molecular formula is C11H12F3NO2.